The molecule has 1 heterocycles. The van der Waals surface area contributed by atoms with E-state index in [-0.39, 0.29) is 18.2 Å². The van der Waals surface area contributed by atoms with Crippen molar-refractivity contribution in [3.8, 4) is 5.75 Å². The Morgan fingerprint density at radius 3 is 3.00 bits per heavy atom. The fourth-order valence-corrected chi connectivity index (χ4v) is 1.66. The number of aromatic nitrogens is 3. The van der Waals surface area contributed by atoms with Crippen LogP contribution in [0.25, 0.3) is 0 Å². The van der Waals surface area contributed by atoms with Gasteiger partial charge in [-0.3, -0.25) is 0 Å². The van der Waals surface area contributed by atoms with Crippen molar-refractivity contribution in [1.29, 1.82) is 0 Å². The molecule has 0 amide bonds. The normalized spacial score (nSPS) is 10.6. The van der Waals surface area contributed by atoms with E-state index in [9.17, 15) is 4.39 Å². The Hall–Kier alpha value is -1.91. The number of hydrogen-bond acceptors (Lipinski definition) is 3. The van der Waals surface area contributed by atoms with E-state index in [1.54, 1.807) is 16.8 Å². The van der Waals surface area contributed by atoms with Crippen LogP contribution in [0.15, 0.2) is 24.5 Å². The summed E-state index contributed by atoms with van der Waals surface area (Å²) in [7, 11) is 0. The Labute approximate surface area is 105 Å². The molecular weight excluding hydrogens is 233 g/mol. The number of hydrogen-bond donors (Lipinski definition) is 0. The molecule has 5 heteroatoms. The summed E-state index contributed by atoms with van der Waals surface area (Å²) in [5.74, 6) is 0.598. The SMILES string of the molecule is CCCn1ncnc1COc1cc(C)ccc1F. The lowest BCUT2D eigenvalue weighted by Gasteiger charge is -2.08. The molecule has 0 fully saturated rings. The molecule has 0 saturated carbocycles. The molecule has 2 aromatic rings. The van der Waals surface area contributed by atoms with E-state index in [0.717, 1.165) is 18.5 Å². The smallest absolute Gasteiger partial charge is 0.165 e. The maximum Gasteiger partial charge on any atom is 0.165 e. The van der Waals surface area contributed by atoms with Gasteiger partial charge in [0, 0.05) is 6.54 Å². The van der Waals surface area contributed by atoms with E-state index in [1.165, 1.54) is 12.4 Å². The average Bonchev–Trinajstić information content (AvgIpc) is 2.78. The van der Waals surface area contributed by atoms with Crippen molar-refractivity contribution < 1.29 is 9.13 Å². The lowest BCUT2D eigenvalue weighted by molar-refractivity contribution is 0.272. The summed E-state index contributed by atoms with van der Waals surface area (Å²) < 4.78 is 20.7. The van der Waals surface area contributed by atoms with Gasteiger partial charge in [-0.1, -0.05) is 13.0 Å². The molecule has 0 aliphatic rings. The van der Waals surface area contributed by atoms with E-state index in [1.807, 2.05) is 6.92 Å². The molecule has 0 unspecified atom stereocenters. The van der Waals surface area contributed by atoms with Crippen LogP contribution < -0.4 is 4.74 Å². The van der Waals surface area contributed by atoms with E-state index in [4.69, 9.17) is 4.74 Å². The van der Waals surface area contributed by atoms with Crippen LogP contribution >= 0.6 is 0 Å². The zero-order valence-corrected chi connectivity index (χ0v) is 10.6. The maximum atomic E-state index is 13.5. The van der Waals surface area contributed by atoms with Gasteiger partial charge in [-0.15, -0.1) is 0 Å². The second-order valence-electron chi connectivity index (χ2n) is 4.12. The maximum absolute atomic E-state index is 13.5. The number of benzene rings is 1. The van der Waals surface area contributed by atoms with Gasteiger partial charge in [-0.05, 0) is 31.0 Å². The van der Waals surface area contributed by atoms with Crippen LogP contribution in [0.1, 0.15) is 24.7 Å². The molecule has 0 radical (unpaired) electrons. The van der Waals surface area contributed by atoms with Gasteiger partial charge in [-0.2, -0.15) is 5.10 Å². The number of nitrogens with zero attached hydrogens (tertiary/aromatic N) is 3. The first-order chi connectivity index (χ1) is 8.70. The summed E-state index contributed by atoms with van der Waals surface area (Å²) in [5, 5.41) is 4.09. The van der Waals surface area contributed by atoms with Crippen LogP contribution in [0.3, 0.4) is 0 Å². The Morgan fingerprint density at radius 2 is 2.22 bits per heavy atom. The summed E-state index contributed by atoms with van der Waals surface area (Å²) in [4.78, 5) is 4.11. The van der Waals surface area contributed by atoms with E-state index in [2.05, 4.69) is 17.0 Å². The minimum Gasteiger partial charge on any atom is -0.483 e. The fourth-order valence-electron chi connectivity index (χ4n) is 1.66. The Bertz CT molecular complexity index is 525. The Kier molecular flexibility index (Phi) is 3.92. The molecule has 0 spiro atoms. The van der Waals surface area contributed by atoms with Crippen LogP contribution in [0.2, 0.25) is 0 Å². The highest BCUT2D eigenvalue weighted by atomic mass is 19.1. The first kappa shape index (κ1) is 12.5. The van der Waals surface area contributed by atoms with E-state index >= 15 is 0 Å². The number of ether oxygens (including phenoxy) is 1. The summed E-state index contributed by atoms with van der Waals surface area (Å²) >= 11 is 0. The summed E-state index contributed by atoms with van der Waals surface area (Å²) in [6, 6.07) is 4.79. The van der Waals surface area contributed by atoms with Crippen molar-refractivity contribution in [2.24, 2.45) is 0 Å². The molecule has 18 heavy (non-hydrogen) atoms. The van der Waals surface area contributed by atoms with Crippen molar-refractivity contribution >= 4 is 0 Å². The first-order valence-electron chi connectivity index (χ1n) is 5.96. The first-order valence-corrected chi connectivity index (χ1v) is 5.96. The van der Waals surface area contributed by atoms with Crippen LogP contribution in [0.4, 0.5) is 4.39 Å². The predicted octanol–water partition coefficient (Wildman–Crippen LogP) is 2.71. The van der Waals surface area contributed by atoms with Crippen LogP contribution in [-0.2, 0) is 13.2 Å². The number of rotatable bonds is 5. The average molecular weight is 249 g/mol. The molecule has 0 aliphatic heterocycles. The van der Waals surface area contributed by atoms with Gasteiger partial charge in [0.2, 0.25) is 0 Å². The van der Waals surface area contributed by atoms with Gasteiger partial charge in [0.05, 0.1) is 0 Å². The molecule has 0 atom stereocenters. The molecule has 96 valence electrons. The van der Waals surface area contributed by atoms with Crippen LogP contribution in [0.5, 0.6) is 5.75 Å². The van der Waals surface area contributed by atoms with E-state index in [0.29, 0.717) is 5.82 Å². The third-order valence-corrected chi connectivity index (χ3v) is 2.57. The van der Waals surface area contributed by atoms with Gasteiger partial charge >= 0.3 is 0 Å². The fraction of sp³-hybridized carbons (Fsp3) is 0.385. The van der Waals surface area contributed by atoms with Gasteiger partial charge in [0.25, 0.3) is 0 Å². The highest BCUT2D eigenvalue weighted by Crippen LogP contribution is 2.19. The molecule has 1 aromatic carbocycles. The van der Waals surface area contributed by atoms with Crippen molar-refractivity contribution in [1.82, 2.24) is 14.8 Å². The van der Waals surface area contributed by atoms with E-state index < -0.39 is 0 Å². The molecule has 0 saturated heterocycles. The second-order valence-corrected chi connectivity index (χ2v) is 4.12. The van der Waals surface area contributed by atoms with Crippen LogP contribution in [-0.4, -0.2) is 14.8 Å². The second kappa shape index (κ2) is 5.62. The largest absolute Gasteiger partial charge is 0.483 e. The van der Waals surface area contributed by atoms with Crippen molar-refractivity contribution in [2.45, 2.75) is 33.4 Å². The molecular formula is C13H16FN3O. The third-order valence-electron chi connectivity index (χ3n) is 2.57. The van der Waals surface area contributed by atoms with Crippen molar-refractivity contribution in [3.63, 3.8) is 0 Å². The van der Waals surface area contributed by atoms with Crippen molar-refractivity contribution in [2.75, 3.05) is 0 Å². The topological polar surface area (TPSA) is 39.9 Å². The molecule has 0 bridgehead atoms. The highest BCUT2D eigenvalue weighted by Gasteiger charge is 2.07. The summed E-state index contributed by atoms with van der Waals surface area (Å²) in [5.41, 5.74) is 0.960. The van der Waals surface area contributed by atoms with Gasteiger partial charge < -0.3 is 4.74 Å². The quantitative estimate of drug-likeness (QED) is 0.818. The van der Waals surface area contributed by atoms with Gasteiger partial charge in [0.1, 0.15) is 12.9 Å². The predicted molar refractivity (Wildman–Crippen MR) is 65.8 cm³/mol. The molecule has 0 N–H and O–H groups in total. The Morgan fingerprint density at radius 1 is 1.39 bits per heavy atom. The lowest BCUT2D eigenvalue weighted by atomic mass is 10.2. The zero-order valence-electron chi connectivity index (χ0n) is 10.6. The summed E-state index contributed by atoms with van der Waals surface area (Å²) in [6.07, 6.45) is 2.45. The minimum atomic E-state index is -0.359. The third kappa shape index (κ3) is 2.85. The monoisotopic (exact) mass is 249 g/mol. The standard InChI is InChI=1S/C13H16FN3O/c1-3-6-17-13(15-9-16-17)8-18-12-7-10(2)4-5-11(12)14/h4-5,7,9H,3,6,8H2,1-2H3. The minimum absolute atomic E-state index is 0.223. The Balaban J connectivity index is 2.06. The van der Waals surface area contributed by atoms with Gasteiger partial charge in [0.15, 0.2) is 17.4 Å². The zero-order chi connectivity index (χ0) is 13.0. The van der Waals surface area contributed by atoms with Crippen LogP contribution in [0, 0.1) is 12.7 Å². The number of aryl methyl sites for hydroxylation is 2. The lowest BCUT2D eigenvalue weighted by Crippen LogP contribution is -2.09. The summed E-state index contributed by atoms with van der Waals surface area (Å²) in [6.45, 7) is 4.97. The molecule has 1 aromatic heterocycles. The highest BCUT2D eigenvalue weighted by molar-refractivity contribution is 5.29. The number of halogens is 1. The molecule has 4 nitrogen and oxygen atoms in total. The molecule has 0 aliphatic carbocycles. The van der Waals surface area contributed by atoms with Crippen molar-refractivity contribution in [3.05, 3.63) is 41.7 Å². The van der Waals surface area contributed by atoms with Gasteiger partial charge in [-0.25, -0.2) is 14.1 Å². The molecule has 2 rings (SSSR count).